The molecule has 2 aromatic carbocycles. The number of anilines is 1. The second kappa shape index (κ2) is 8.53. The lowest BCUT2D eigenvalue weighted by atomic mass is 10.1. The molecule has 2 rings (SSSR count). The Balaban J connectivity index is 2.02. The van der Waals surface area contributed by atoms with Crippen LogP contribution < -0.4 is 10.6 Å². The molecule has 0 saturated carbocycles. The maximum absolute atomic E-state index is 12.9. The standard InChI is InChI=1S/C17H11Cl2F3N2OS/c18-11-7-5-10(13(19)9-11)6-8-15(25)24-16(26)23-14-4-2-1-3-12(14)17(20,21)22/h1-9H,(H2,23,24,25,26). The van der Waals surface area contributed by atoms with Gasteiger partial charge in [0.15, 0.2) is 5.11 Å². The average Bonchev–Trinajstić information content (AvgIpc) is 2.53. The fraction of sp³-hybridized carbons (Fsp3) is 0.0588. The molecule has 0 spiro atoms. The smallest absolute Gasteiger partial charge is 0.332 e. The van der Waals surface area contributed by atoms with Crippen molar-refractivity contribution in [1.82, 2.24) is 5.32 Å². The van der Waals surface area contributed by atoms with Crippen molar-refractivity contribution in [3.8, 4) is 0 Å². The number of rotatable bonds is 3. The van der Waals surface area contributed by atoms with Crippen molar-refractivity contribution < 1.29 is 18.0 Å². The zero-order valence-electron chi connectivity index (χ0n) is 12.9. The highest BCUT2D eigenvalue weighted by Crippen LogP contribution is 2.34. The van der Waals surface area contributed by atoms with Gasteiger partial charge in [-0.15, -0.1) is 0 Å². The van der Waals surface area contributed by atoms with Crippen molar-refractivity contribution >= 4 is 58.2 Å². The largest absolute Gasteiger partial charge is 0.418 e. The number of hydrogen-bond donors (Lipinski definition) is 2. The van der Waals surface area contributed by atoms with Gasteiger partial charge in [0.1, 0.15) is 0 Å². The molecule has 0 fully saturated rings. The number of benzene rings is 2. The van der Waals surface area contributed by atoms with Gasteiger partial charge in [-0.05, 0) is 48.1 Å². The number of carbonyl (C=O) groups excluding carboxylic acids is 1. The Labute approximate surface area is 162 Å². The van der Waals surface area contributed by atoms with E-state index < -0.39 is 17.6 Å². The molecule has 0 radical (unpaired) electrons. The van der Waals surface area contributed by atoms with Crippen LogP contribution in [0.25, 0.3) is 6.08 Å². The van der Waals surface area contributed by atoms with Crippen molar-refractivity contribution in [2.75, 3.05) is 5.32 Å². The van der Waals surface area contributed by atoms with Crippen LogP contribution in [0.15, 0.2) is 48.5 Å². The third-order valence-electron chi connectivity index (χ3n) is 3.09. The van der Waals surface area contributed by atoms with Crippen LogP contribution in [0.5, 0.6) is 0 Å². The summed E-state index contributed by atoms with van der Waals surface area (Å²) in [6.07, 6.45) is -1.96. The summed E-state index contributed by atoms with van der Waals surface area (Å²) in [6, 6.07) is 9.54. The summed E-state index contributed by atoms with van der Waals surface area (Å²) >= 11 is 16.6. The van der Waals surface area contributed by atoms with Gasteiger partial charge in [-0.2, -0.15) is 13.2 Å². The lowest BCUT2D eigenvalue weighted by Gasteiger charge is -2.14. The Morgan fingerprint density at radius 1 is 1.12 bits per heavy atom. The Kier molecular flexibility index (Phi) is 6.63. The number of nitrogens with one attached hydrogen (secondary N) is 2. The molecule has 0 atom stereocenters. The van der Waals surface area contributed by atoms with Gasteiger partial charge in [0, 0.05) is 16.1 Å². The van der Waals surface area contributed by atoms with E-state index in [0.29, 0.717) is 15.6 Å². The first kappa shape index (κ1) is 20.2. The molecular weight excluding hydrogens is 408 g/mol. The molecule has 2 aromatic rings. The highest BCUT2D eigenvalue weighted by molar-refractivity contribution is 7.80. The van der Waals surface area contributed by atoms with E-state index in [1.165, 1.54) is 30.3 Å². The topological polar surface area (TPSA) is 41.1 Å². The van der Waals surface area contributed by atoms with Crippen LogP contribution in [0.1, 0.15) is 11.1 Å². The Bertz CT molecular complexity index is 869. The predicted octanol–water partition coefficient (Wildman–Crippen LogP) is 5.54. The van der Waals surface area contributed by atoms with Gasteiger partial charge in [0.25, 0.3) is 0 Å². The van der Waals surface area contributed by atoms with E-state index in [2.05, 4.69) is 10.6 Å². The van der Waals surface area contributed by atoms with Gasteiger partial charge in [-0.25, -0.2) is 0 Å². The summed E-state index contributed by atoms with van der Waals surface area (Å²) in [6.45, 7) is 0. The summed E-state index contributed by atoms with van der Waals surface area (Å²) < 4.78 is 38.8. The summed E-state index contributed by atoms with van der Waals surface area (Å²) in [5.74, 6) is -0.627. The van der Waals surface area contributed by atoms with Crippen LogP contribution in [-0.4, -0.2) is 11.0 Å². The van der Waals surface area contributed by atoms with Crippen molar-refractivity contribution in [3.63, 3.8) is 0 Å². The molecule has 0 aliphatic heterocycles. The lowest BCUT2D eigenvalue weighted by Crippen LogP contribution is -2.33. The summed E-state index contributed by atoms with van der Waals surface area (Å²) in [5.41, 5.74) is -0.595. The zero-order chi connectivity index (χ0) is 19.3. The molecule has 9 heteroatoms. The normalized spacial score (nSPS) is 11.4. The number of thiocarbonyl (C=S) groups is 1. The third-order valence-corrected chi connectivity index (χ3v) is 3.86. The van der Waals surface area contributed by atoms with Gasteiger partial charge in [0.05, 0.1) is 11.3 Å². The number of alkyl halides is 3. The Morgan fingerprint density at radius 2 is 1.81 bits per heavy atom. The first-order chi connectivity index (χ1) is 12.2. The second-order valence-electron chi connectivity index (χ2n) is 4.99. The van der Waals surface area contributed by atoms with Gasteiger partial charge in [-0.1, -0.05) is 41.4 Å². The van der Waals surface area contributed by atoms with E-state index >= 15 is 0 Å². The fourth-order valence-corrected chi connectivity index (χ4v) is 2.63. The first-order valence-corrected chi connectivity index (χ1v) is 8.24. The van der Waals surface area contributed by atoms with Crippen LogP contribution >= 0.6 is 35.4 Å². The van der Waals surface area contributed by atoms with Crippen molar-refractivity contribution in [2.45, 2.75) is 6.18 Å². The number of carbonyl (C=O) groups is 1. The van der Waals surface area contributed by atoms with Gasteiger partial charge in [0.2, 0.25) is 5.91 Å². The van der Waals surface area contributed by atoms with Crippen molar-refractivity contribution in [1.29, 1.82) is 0 Å². The summed E-state index contributed by atoms with van der Waals surface area (Å²) in [5, 5.41) is 5.17. The van der Waals surface area contributed by atoms with Crippen LogP contribution in [0, 0.1) is 0 Å². The van der Waals surface area contributed by atoms with Gasteiger partial charge >= 0.3 is 6.18 Å². The van der Waals surface area contributed by atoms with Crippen LogP contribution in [0.4, 0.5) is 18.9 Å². The Morgan fingerprint density at radius 3 is 2.46 bits per heavy atom. The van der Waals surface area contributed by atoms with Crippen molar-refractivity contribution in [2.24, 2.45) is 0 Å². The average molecular weight is 419 g/mol. The maximum atomic E-state index is 12.9. The SMILES string of the molecule is O=C(C=Cc1ccc(Cl)cc1Cl)NC(=S)Nc1ccccc1C(F)(F)F. The van der Waals surface area contributed by atoms with Gasteiger partial charge < -0.3 is 5.32 Å². The molecule has 0 saturated heterocycles. The van der Waals surface area contributed by atoms with Gasteiger partial charge in [-0.3, -0.25) is 10.1 Å². The molecule has 3 nitrogen and oxygen atoms in total. The number of hydrogen-bond acceptors (Lipinski definition) is 2. The highest BCUT2D eigenvalue weighted by Gasteiger charge is 2.33. The fourth-order valence-electron chi connectivity index (χ4n) is 1.95. The molecule has 0 aliphatic carbocycles. The minimum absolute atomic E-state index is 0.255. The third kappa shape index (κ3) is 5.72. The van der Waals surface area contributed by atoms with E-state index in [9.17, 15) is 18.0 Å². The van der Waals surface area contributed by atoms with E-state index in [4.69, 9.17) is 35.4 Å². The van der Waals surface area contributed by atoms with E-state index in [0.717, 1.165) is 12.1 Å². The minimum atomic E-state index is -4.55. The molecule has 1 amide bonds. The predicted molar refractivity (Wildman–Crippen MR) is 101 cm³/mol. The minimum Gasteiger partial charge on any atom is -0.332 e. The summed E-state index contributed by atoms with van der Waals surface area (Å²) in [7, 11) is 0. The summed E-state index contributed by atoms with van der Waals surface area (Å²) in [4.78, 5) is 11.9. The molecular formula is C17H11Cl2F3N2OS. The van der Waals surface area contributed by atoms with Crippen LogP contribution in [0.2, 0.25) is 10.0 Å². The molecule has 0 heterocycles. The monoisotopic (exact) mass is 418 g/mol. The maximum Gasteiger partial charge on any atom is 0.418 e. The Hall–Kier alpha value is -2.09. The number of para-hydroxylation sites is 1. The van der Waals surface area contributed by atoms with E-state index in [1.54, 1.807) is 12.1 Å². The zero-order valence-corrected chi connectivity index (χ0v) is 15.2. The molecule has 0 aromatic heterocycles. The molecule has 136 valence electrons. The lowest BCUT2D eigenvalue weighted by molar-refractivity contribution is -0.136. The quantitative estimate of drug-likeness (QED) is 0.507. The molecule has 0 unspecified atom stereocenters. The number of halogens is 5. The van der Waals surface area contributed by atoms with Crippen LogP contribution in [0.3, 0.4) is 0 Å². The van der Waals surface area contributed by atoms with Crippen molar-refractivity contribution in [3.05, 3.63) is 69.7 Å². The molecule has 0 aliphatic rings. The molecule has 26 heavy (non-hydrogen) atoms. The van der Waals surface area contributed by atoms with E-state index in [-0.39, 0.29) is 10.8 Å². The van der Waals surface area contributed by atoms with E-state index in [1.807, 2.05) is 0 Å². The highest BCUT2D eigenvalue weighted by atomic mass is 35.5. The second-order valence-corrected chi connectivity index (χ2v) is 6.24. The molecule has 2 N–H and O–H groups in total. The molecule has 0 bridgehead atoms. The van der Waals surface area contributed by atoms with Crippen LogP contribution in [-0.2, 0) is 11.0 Å². The first-order valence-electron chi connectivity index (χ1n) is 7.08. The number of amides is 1.